The van der Waals surface area contributed by atoms with Gasteiger partial charge in [0.15, 0.2) is 17.3 Å². The van der Waals surface area contributed by atoms with Crippen molar-refractivity contribution >= 4 is 11.6 Å². The van der Waals surface area contributed by atoms with Crippen molar-refractivity contribution < 1.29 is 23.5 Å². The fourth-order valence-corrected chi connectivity index (χ4v) is 3.50. The largest absolute Gasteiger partial charge is 0.492 e. The van der Waals surface area contributed by atoms with Crippen molar-refractivity contribution in [3.8, 4) is 28.6 Å². The molecule has 1 fully saturated rings. The molecule has 1 saturated carbocycles. The van der Waals surface area contributed by atoms with Crippen LogP contribution in [0.15, 0.2) is 53.1 Å². The van der Waals surface area contributed by atoms with Gasteiger partial charge in [0.2, 0.25) is 12.7 Å². The summed E-state index contributed by atoms with van der Waals surface area (Å²) in [6.45, 7) is 2.65. The molecular formula is C22H20N2O5. The summed E-state index contributed by atoms with van der Waals surface area (Å²) >= 11 is 0. The number of amides is 1. The van der Waals surface area contributed by atoms with Crippen LogP contribution in [0.1, 0.15) is 25.5 Å². The van der Waals surface area contributed by atoms with Gasteiger partial charge >= 0.3 is 0 Å². The molecule has 1 amide bonds. The Hall–Kier alpha value is -3.48. The molecule has 2 aliphatic rings. The highest BCUT2D eigenvalue weighted by atomic mass is 16.7. The molecule has 2 aromatic carbocycles. The average molecular weight is 392 g/mol. The summed E-state index contributed by atoms with van der Waals surface area (Å²) in [6.07, 6.45) is 1.45. The topological polar surface area (TPSA) is 82.8 Å². The van der Waals surface area contributed by atoms with Gasteiger partial charge in [-0.05, 0) is 50.1 Å². The molecule has 1 N–H and O–H groups in total. The first kappa shape index (κ1) is 17.6. The highest BCUT2D eigenvalue weighted by Crippen LogP contribution is 2.49. The van der Waals surface area contributed by atoms with E-state index in [9.17, 15) is 4.79 Å². The molecule has 5 rings (SSSR count). The van der Waals surface area contributed by atoms with Crippen LogP contribution in [0, 0.1) is 0 Å². The second-order valence-corrected chi connectivity index (χ2v) is 7.11. The predicted molar refractivity (Wildman–Crippen MR) is 105 cm³/mol. The third-order valence-corrected chi connectivity index (χ3v) is 5.28. The number of para-hydroxylation sites is 2. The summed E-state index contributed by atoms with van der Waals surface area (Å²) < 4.78 is 21.9. The third kappa shape index (κ3) is 3.08. The van der Waals surface area contributed by atoms with Gasteiger partial charge in [-0.1, -0.05) is 17.3 Å². The Bertz CT molecular complexity index is 1070. The van der Waals surface area contributed by atoms with E-state index < -0.39 is 5.41 Å². The Labute approximate surface area is 167 Å². The molecule has 3 aromatic rings. The quantitative estimate of drug-likeness (QED) is 0.679. The Morgan fingerprint density at radius 1 is 1.14 bits per heavy atom. The number of carbonyl (C=O) groups is 1. The number of hydrogen-bond donors (Lipinski definition) is 1. The summed E-state index contributed by atoms with van der Waals surface area (Å²) in [4.78, 5) is 13.1. The molecule has 7 heteroatoms. The molecule has 29 heavy (non-hydrogen) atoms. The third-order valence-electron chi connectivity index (χ3n) is 5.28. The molecule has 1 aromatic heterocycles. The van der Waals surface area contributed by atoms with Crippen molar-refractivity contribution in [1.29, 1.82) is 0 Å². The number of rotatable bonds is 6. The summed E-state index contributed by atoms with van der Waals surface area (Å²) in [7, 11) is 0. The van der Waals surface area contributed by atoms with Crippen LogP contribution in [-0.2, 0) is 10.2 Å². The maximum Gasteiger partial charge on any atom is 0.236 e. The van der Waals surface area contributed by atoms with E-state index in [2.05, 4.69) is 10.5 Å². The van der Waals surface area contributed by atoms with Crippen molar-refractivity contribution in [2.24, 2.45) is 0 Å². The number of anilines is 1. The molecular weight excluding hydrogens is 372 g/mol. The average Bonchev–Trinajstić information content (AvgIpc) is 3.18. The van der Waals surface area contributed by atoms with Gasteiger partial charge in [-0.3, -0.25) is 4.79 Å². The van der Waals surface area contributed by atoms with E-state index in [0.717, 1.165) is 18.4 Å². The summed E-state index contributed by atoms with van der Waals surface area (Å²) in [6, 6.07) is 14.8. The van der Waals surface area contributed by atoms with Crippen LogP contribution >= 0.6 is 0 Å². The second-order valence-electron chi connectivity index (χ2n) is 7.11. The summed E-state index contributed by atoms with van der Waals surface area (Å²) in [5, 5.41) is 7.20. The summed E-state index contributed by atoms with van der Waals surface area (Å²) in [5.41, 5.74) is 1.45. The molecule has 0 radical (unpaired) electrons. The van der Waals surface area contributed by atoms with Crippen molar-refractivity contribution in [3.63, 3.8) is 0 Å². The van der Waals surface area contributed by atoms with E-state index in [4.69, 9.17) is 18.7 Å². The minimum absolute atomic E-state index is 0.102. The second kappa shape index (κ2) is 6.84. The number of carbonyl (C=O) groups excluding carboxylic acids is 1. The minimum atomic E-state index is -0.669. The molecule has 0 saturated heterocycles. The number of aromatic nitrogens is 1. The summed E-state index contributed by atoms with van der Waals surface area (Å²) in [5.74, 6) is 2.52. The number of benzene rings is 2. The Balaban J connectivity index is 1.38. The smallest absolute Gasteiger partial charge is 0.236 e. The zero-order chi connectivity index (χ0) is 19.8. The molecule has 2 heterocycles. The van der Waals surface area contributed by atoms with Crippen molar-refractivity contribution in [2.75, 3.05) is 18.7 Å². The number of hydrogen-bond acceptors (Lipinski definition) is 6. The van der Waals surface area contributed by atoms with Crippen molar-refractivity contribution in [2.45, 2.75) is 25.2 Å². The normalized spacial score (nSPS) is 15.8. The van der Waals surface area contributed by atoms with Gasteiger partial charge in [-0.25, -0.2) is 0 Å². The molecule has 0 atom stereocenters. The molecule has 7 nitrogen and oxygen atoms in total. The van der Waals surface area contributed by atoms with Gasteiger partial charge in [-0.2, -0.15) is 0 Å². The number of nitrogens with one attached hydrogen (secondary N) is 1. The minimum Gasteiger partial charge on any atom is -0.492 e. The highest BCUT2D eigenvalue weighted by Gasteiger charge is 2.54. The van der Waals surface area contributed by atoms with Gasteiger partial charge < -0.3 is 24.1 Å². The van der Waals surface area contributed by atoms with Crippen LogP contribution in [0.2, 0.25) is 0 Å². The Morgan fingerprint density at radius 2 is 1.97 bits per heavy atom. The number of fused-ring (bicyclic) bond motifs is 1. The maximum absolute atomic E-state index is 13.1. The van der Waals surface area contributed by atoms with Gasteiger partial charge in [0.1, 0.15) is 5.75 Å². The van der Waals surface area contributed by atoms with E-state index >= 15 is 0 Å². The van der Waals surface area contributed by atoms with Crippen molar-refractivity contribution in [1.82, 2.24) is 5.16 Å². The first-order chi connectivity index (χ1) is 14.2. The Kier molecular flexibility index (Phi) is 4.16. The molecule has 1 aliphatic heterocycles. The Morgan fingerprint density at radius 3 is 2.79 bits per heavy atom. The lowest BCUT2D eigenvalue weighted by molar-refractivity contribution is -0.118. The monoisotopic (exact) mass is 392 g/mol. The van der Waals surface area contributed by atoms with E-state index in [1.807, 2.05) is 55.5 Å². The van der Waals surface area contributed by atoms with Gasteiger partial charge in [0, 0.05) is 11.6 Å². The maximum atomic E-state index is 13.1. The molecule has 0 bridgehead atoms. The SMILES string of the molecule is CCOc1ccccc1NC(=O)C1(c2cc(-c3ccc4c(c3)OCO4)on2)CC1. The van der Waals surface area contributed by atoms with Crippen LogP contribution in [0.4, 0.5) is 5.69 Å². The fraction of sp³-hybridized carbons (Fsp3) is 0.273. The van der Waals surface area contributed by atoms with E-state index in [-0.39, 0.29) is 12.7 Å². The van der Waals surface area contributed by atoms with E-state index in [1.54, 1.807) is 0 Å². The first-order valence-electron chi connectivity index (χ1n) is 9.60. The lowest BCUT2D eigenvalue weighted by Gasteiger charge is -2.15. The molecule has 0 unspecified atom stereocenters. The van der Waals surface area contributed by atoms with Crippen molar-refractivity contribution in [3.05, 3.63) is 54.2 Å². The van der Waals surface area contributed by atoms with Crippen LogP contribution in [0.5, 0.6) is 17.2 Å². The van der Waals surface area contributed by atoms with Crippen LogP contribution < -0.4 is 19.5 Å². The van der Waals surface area contributed by atoms with Crippen LogP contribution in [0.3, 0.4) is 0 Å². The van der Waals surface area contributed by atoms with Crippen LogP contribution in [-0.4, -0.2) is 24.5 Å². The zero-order valence-corrected chi connectivity index (χ0v) is 15.9. The number of nitrogens with zero attached hydrogens (tertiary/aromatic N) is 1. The van der Waals surface area contributed by atoms with E-state index in [1.165, 1.54) is 0 Å². The lowest BCUT2D eigenvalue weighted by Crippen LogP contribution is -2.28. The zero-order valence-electron chi connectivity index (χ0n) is 15.9. The standard InChI is InChI=1S/C22H20N2O5/c1-2-26-16-6-4-3-5-15(16)23-21(25)22(9-10-22)20-12-18(29-24-20)14-7-8-17-19(11-14)28-13-27-17/h3-8,11-12H,2,9-10,13H2,1H3,(H,23,25). The van der Waals surface area contributed by atoms with Crippen LogP contribution in [0.25, 0.3) is 11.3 Å². The van der Waals surface area contributed by atoms with Gasteiger partial charge in [-0.15, -0.1) is 0 Å². The van der Waals surface area contributed by atoms with E-state index in [0.29, 0.717) is 41.0 Å². The predicted octanol–water partition coefficient (Wildman–Crippen LogP) is 4.14. The first-order valence-corrected chi connectivity index (χ1v) is 9.60. The van der Waals surface area contributed by atoms with Gasteiger partial charge in [0.05, 0.1) is 23.4 Å². The highest BCUT2D eigenvalue weighted by molar-refractivity contribution is 6.02. The lowest BCUT2D eigenvalue weighted by atomic mass is 10.00. The number of ether oxygens (including phenoxy) is 3. The van der Waals surface area contributed by atoms with Gasteiger partial charge in [0.25, 0.3) is 0 Å². The fourth-order valence-electron chi connectivity index (χ4n) is 3.50. The molecule has 1 aliphatic carbocycles. The molecule has 0 spiro atoms. The molecule has 148 valence electrons.